The molecule has 2 fully saturated rings. The lowest BCUT2D eigenvalue weighted by Gasteiger charge is -2.40. The Morgan fingerprint density at radius 1 is 1.10 bits per heavy atom. The van der Waals surface area contributed by atoms with Crippen molar-refractivity contribution in [2.24, 2.45) is 0 Å². The van der Waals surface area contributed by atoms with Gasteiger partial charge in [-0.2, -0.15) is 17.0 Å². The summed E-state index contributed by atoms with van der Waals surface area (Å²) in [6, 6.07) is 7.70. The minimum absolute atomic E-state index is 0.0542. The van der Waals surface area contributed by atoms with E-state index in [1.165, 1.54) is 8.61 Å². The lowest BCUT2D eigenvalue weighted by Crippen LogP contribution is -2.57. The van der Waals surface area contributed by atoms with Gasteiger partial charge in [0.25, 0.3) is 10.2 Å². The third-order valence-electron chi connectivity index (χ3n) is 5.39. The number of piperazine rings is 1. The van der Waals surface area contributed by atoms with E-state index in [-0.39, 0.29) is 18.1 Å². The molecule has 0 aromatic heterocycles. The van der Waals surface area contributed by atoms with Gasteiger partial charge in [-0.3, -0.25) is 4.79 Å². The van der Waals surface area contributed by atoms with Gasteiger partial charge in [0, 0.05) is 45.7 Å². The highest BCUT2D eigenvalue weighted by atomic mass is 32.2. The Balaban J connectivity index is 1.51. The average molecular weight is 426 g/mol. The average Bonchev–Trinajstić information content (AvgIpc) is 2.71. The number of hydrogen-bond acceptors (Lipinski definition) is 5. The van der Waals surface area contributed by atoms with Gasteiger partial charge in [-0.25, -0.2) is 0 Å². The number of rotatable bonds is 6. The second kappa shape index (κ2) is 9.42. The number of morpholine rings is 1. The zero-order valence-electron chi connectivity index (χ0n) is 17.4. The van der Waals surface area contributed by atoms with Gasteiger partial charge in [-0.15, -0.1) is 0 Å². The summed E-state index contributed by atoms with van der Waals surface area (Å²) >= 11 is 0. The number of aryl methyl sites for hydroxylation is 1. The summed E-state index contributed by atoms with van der Waals surface area (Å²) in [6.45, 7) is 6.00. The van der Waals surface area contributed by atoms with Crippen LogP contribution in [0.4, 0.5) is 0 Å². The molecule has 1 aromatic rings. The minimum atomic E-state index is -3.53. The number of methoxy groups -OCH3 is 1. The molecule has 2 aliphatic heterocycles. The molecule has 29 heavy (non-hydrogen) atoms. The second-order valence-electron chi connectivity index (χ2n) is 7.71. The minimum Gasteiger partial charge on any atom is -0.497 e. The molecule has 2 unspecified atom stereocenters. The molecule has 2 atom stereocenters. The number of benzene rings is 1. The SMILES string of the molecule is COc1cccc(CCC(=O)N2CCN(S(=O)(=O)N3CC(C)OC(C)C3)CC2)c1. The fourth-order valence-corrected chi connectivity index (χ4v) is 5.64. The van der Waals surface area contributed by atoms with E-state index >= 15 is 0 Å². The third kappa shape index (κ3) is 5.48. The summed E-state index contributed by atoms with van der Waals surface area (Å²) in [5.74, 6) is 0.832. The van der Waals surface area contributed by atoms with Crippen molar-refractivity contribution in [2.75, 3.05) is 46.4 Å². The highest BCUT2D eigenvalue weighted by Gasteiger charge is 2.37. The fraction of sp³-hybridized carbons (Fsp3) is 0.650. The number of carbonyl (C=O) groups is 1. The number of hydrogen-bond donors (Lipinski definition) is 0. The molecule has 9 heteroatoms. The number of nitrogens with zero attached hydrogens (tertiary/aromatic N) is 3. The lowest BCUT2D eigenvalue weighted by atomic mass is 10.1. The Kier molecular flexibility index (Phi) is 7.15. The van der Waals surface area contributed by atoms with Crippen LogP contribution >= 0.6 is 0 Å². The first-order chi connectivity index (χ1) is 13.8. The summed E-state index contributed by atoms with van der Waals surface area (Å²) in [6.07, 6.45) is 0.803. The van der Waals surface area contributed by atoms with Crippen LogP contribution in [0.15, 0.2) is 24.3 Å². The van der Waals surface area contributed by atoms with E-state index in [9.17, 15) is 13.2 Å². The van der Waals surface area contributed by atoms with Crippen molar-refractivity contribution in [2.45, 2.75) is 38.9 Å². The van der Waals surface area contributed by atoms with Crippen LogP contribution in [0.2, 0.25) is 0 Å². The molecule has 2 heterocycles. The van der Waals surface area contributed by atoms with Crippen LogP contribution < -0.4 is 4.74 Å². The molecule has 0 bridgehead atoms. The monoisotopic (exact) mass is 425 g/mol. The Labute approximate surface area is 173 Å². The molecule has 3 rings (SSSR count). The maximum Gasteiger partial charge on any atom is 0.282 e. The van der Waals surface area contributed by atoms with Crippen molar-refractivity contribution in [3.63, 3.8) is 0 Å². The number of amides is 1. The molecule has 1 aromatic carbocycles. The fourth-order valence-electron chi connectivity index (χ4n) is 3.89. The smallest absolute Gasteiger partial charge is 0.282 e. The highest BCUT2D eigenvalue weighted by molar-refractivity contribution is 7.86. The largest absolute Gasteiger partial charge is 0.497 e. The van der Waals surface area contributed by atoms with Crippen LogP contribution in [-0.4, -0.2) is 86.4 Å². The molecule has 8 nitrogen and oxygen atoms in total. The summed E-state index contributed by atoms with van der Waals surface area (Å²) in [7, 11) is -1.91. The van der Waals surface area contributed by atoms with Crippen LogP contribution in [0.3, 0.4) is 0 Å². The van der Waals surface area contributed by atoms with E-state index < -0.39 is 10.2 Å². The van der Waals surface area contributed by atoms with Crippen molar-refractivity contribution in [3.05, 3.63) is 29.8 Å². The number of ether oxygens (including phenoxy) is 2. The first-order valence-corrected chi connectivity index (χ1v) is 11.5. The van der Waals surface area contributed by atoms with Crippen molar-refractivity contribution < 1.29 is 22.7 Å². The lowest BCUT2D eigenvalue weighted by molar-refractivity contribution is -0.132. The first-order valence-electron chi connectivity index (χ1n) is 10.1. The maximum atomic E-state index is 13.0. The molecular weight excluding hydrogens is 394 g/mol. The molecule has 2 saturated heterocycles. The van der Waals surface area contributed by atoms with Gasteiger partial charge in [0.2, 0.25) is 5.91 Å². The zero-order valence-corrected chi connectivity index (χ0v) is 18.2. The molecule has 0 aliphatic carbocycles. The first kappa shape index (κ1) is 22.0. The molecule has 2 aliphatic rings. The van der Waals surface area contributed by atoms with Gasteiger partial charge in [-0.1, -0.05) is 12.1 Å². The van der Waals surface area contributed by atoms with E-state index in [2.05, 4.69) is 0 Å². The normalized spacial score (nSPS) is 24.4. The summed E-state index contributed by atoms with van der Waals surface area (Å²) in [5, 5.41) is 0. The number of carbonyl (C=O) groups excluding carboxylic acids is 1. The molecule has 0 N–H and O–H groups in total. The Morgan fingerprint density at radius 3 is 2.38 bits per heavy atom. The second-order valence-corrected chi connectivity index (χ2v) is 9.64. The van der Waals surface area contributed by atoms with E-state index in [1.54, 1.807) is 12.0 Å². The van der Waals surface area contributed by atoms with Crippen LogP contribution in [0.5, 0.6) is 5.75 Å². The van der Waals surface area contributed by atoms with Gasteiger partial charge >= 0.3 is 0 Å². The molecule has 1 amide bonds. The summed E-state index contributed by atoms with van der Waals surface area (Å²) in [4.78, 5) is 14.3. The van der Waals surface area contributed by atoms with Gasteiger partial charge in [-0.05, 0) is 38.0 Å². The Morgan fingerprint density at radius 2 is 1.76 bits per heavy atom. The van der Waals surface area contributed by atoms with Gasteiger partial charge in [0.1, 0.15) is 5.75 Å². The molecule has 0 spiro atoms. The van der Waals surface area contributed by atoms with Crippen LogP contribution in [-0.2, 0) is 26.2 Å². The highest BCUT2D eigenvalue weighted by Crippen LogP contribution is 2.19. The van der Waals surface area contributed by atoms with E-state index in [4.69, 9.17) is 9.47 Å². The van der Waals surface area contributed by atoms with Gasteiger partial charge < -0.3 is 14.4 Å². The van der Waals surface area contributed by atoms with Crippen LogP contribution in [0.25, 0.3) is 0 Å². The van der Waals surface area contributed by atoms with Crippen molar-refractivity contribution in [3.8, 4) is 5.75 Å². The van der Waals surface area contributed by atoms with E-state index in [0.29, 0.717) is 52.1 Å². The van der Waals surface area contributed by atoms with Crippen molar-refractivity contribution in [1.29, 1.82) is 0 Å². The summed E-state index contributed by atoms with van der Waals surface area (Å²) < 4.78 is 39.8. The predicted octanol–water partition coefficient (Wildman–Crippen LogP) is 1.13. The summed E-state index contributed by atoms with van der Waals surface area (Å²) in [5.41, 5.74) is 1.05. The predicted molar refractivity (Wildman–Crippen MR) is 110 cm³/mol. The third-order valence-corrected chi connectivity index (χ3v) is 7.36. The van der Waals surface area contributed by atoms with Crippen molar-refractivity contribution >= 4 is 16.1 Å². The zero-order chi connectivity index (χ0) is 21.0. The topological polar surface area (TPSA) is 79.4 Å². The van der Waals surface area contributed by atoms with Crippen LogP contribution in [0.1, 0.15) is 25.8 Å². The quantitative estimate of drug-likeness (QED) is 0.683. The molecule has 0 saturated carbocycles. The Hall–Kier alpha value is -1.68. The van der Waals surface area contributed by atoms with Gasteiger partial charge in [0.05, 0.1) is 19.3 Å². The van der Waals surface area contributed by atoms with Crippen molar-refractivity contribution in [1.82, 2.24) is 13.5 Å². The van der Waals surface area contributed by atoms with E-state index in [1.807, 2.05) is 38.1 Å². The molecular formula is C20H31N3O5S. The van der Waals surface area contributed by atoms with Gasteiger partial charge in [0.15, 0.2) is 0 Å². The van der Waals surface area contributed by atoms with Crippen LogP contribution in [0, 0.1) is 0 Å². The molecule has 162 valence electrons. The standard InChI is InChI=1S/C20H31N3O5S/c1-16-14-23(15-17(2)28-16)29(25,26)22-11-9-21(10-12-22)20(24)8-7-18-5-4-6-19(13-18)27-3/h4-6,13,16-17H,7-12,14-15H2,1-3H3. The maximum absolute atomic E-state index is 13.0. The molecule has 0 radical (unpaired) electrons. The Bertz CT molecular complexity index is 798. The van der Waals surface area contributed by atoms with E-state index in [0.717, 1.165) is 11.3 Å².